The van der Waals surface area contributed by atoms with E-state index >= 15 is 0 Å². The van der Waals surface area contributed by atoms with E-state index in [-0.39, 0.29) is 22.8 Å². The van der Waals surface area contributed by atoms with Crippen LogP contribution in [0.15, 0.2) is 30.3 Å². The molecule has 0 aliphatic carbocycles. The van der Waals surface area contributed by atoms with E-state index in [2.05, 4.69) is 52.0 Å². The molecule has 2 heterocycles. The van der Waals surface area contributed by atoms with Crippen molar-refractivity contribution in [1.29, 1.82) is 0 Å². The second-order valence-electron chi connectivity index (χ2n) is 10.9. The Morgan fingerprint density at radius 2 is 1.63 bits per heavy atom. The highest BCUT2D eigenvalue weighted by Crippen LogP contribution is 2.28. The topological polar surface area (TPSA) is 91.0 Å². The first-order valence-electron chi connectivity index (χ1n) is 11.9. The van der Waals surface area contributed by atoms with E-state index in [0.29, 0.717) is 24.2 Å². The van der Waals surface area contributed by atoms with Gasteiger partial charge in [-0.3, -0.25) is 9.59 Å². The summed E-state index contributed by atoms with van der Waals surface area (Å²) in [4.78, 5) is 24.6. The van der Waals surface area contributed by atoms with Gasteiger partial charge in [0.2, 0.25) is 0 Å². The van der Waals surface area contributed by atoms with Gasteiger partial charge in [-0.2, -0.15) is 10.2 Å². The van der Waals surface area contributed by atoms with E-state index in [1.807, 2.05) is 41.4 Å². The zero-order chi connectivity index (χ0) is 26.1. The summed E-state index contributed by atoms with van der Waals surface area (Å²) in [6, 6.07) is 9.28. The molecule has 0 fully saturated rings. The molecule has 1 amide bonds. The number of aromatic nitrogens is 4. The lowest BCUT2D eigenvalue weighted by Gasteiger charge is -2.23. The van der Waals surface area contributed by atoms with Gasteiger partial charge in [-0.15, -0.1) is 0 Å². The van der Waals surface area contributed by atoms with Crippen molar-refractivity contribution < 1.29 is 14.3 Å². The smallest absolute Gasteiger partial charge is 0.305 e. The third-order valence-electron chi connectivity index (χ3n) is 5.98. The number of benzene rings is 1. The number of anilines is 1. The van der Waals surface area contributed by atoms with Crippen LogP contribution in [-0.4, -0.2) is 38.5 Å². The van der Waals surface area contributed by atoms with Crippen molar-refractivity contribution in [2.24, 2.45) is 0 Å². The van der Waals surface area contributed by atoms with Gasteiger partial charge in [-0.05, 0) is 70.9 Å². The highest BCUT2D eigenvalue weighted by Gasteiger charge is 2.26. The normalized spacial score (nSPS) is 12.0. The first-order chi connectivity index (χ1) is 16.2. The number of esters is 1. The van der Waals surface area contributed by atoms with Crippen molar-refractivity contribution in [2.75, 3.05) is 12.4 Å². The molecule has 2 aromatic heterocycles. The SMILES string of the molecule is COC(=O)CCc1c(C)nn(-c2ccc(C(=O)Nc3cc(C(C)(C)C)nn3C(C)(C)C)cc2)c1C. The highest BCUT2D eigenvalue weighted by atomic mass is 16.5. The Balaban J connectivity index is 1.82. The van der Waals surface area contributed by atoms with Gasteiger partial charge in [0.25, 0.3) is 5.91 Å². The number of ether oxygens (including phenoxy) is 1. The van der Waals surface area contributed by atoms with Crippen LogP contribution in [-0.2, 0) is 26.9 Å². The van der Waals surface area contributed by atoms with Crippen LogP contribution in [0.2, 0.25) is 0 Å². The number of carbonyl (C=O) groups excluding carboxylic acids is 2. The average molecular weight is 480 g/mol. The standard InChI is InChI=1S/C27H37N5O3/c1-17-21(14-15-24(33)35-9)18(2)31(29-17)20-12-10-19(11-13-20)25(34)28-23-16-22(26(3,4)5)30-32(23)27(6,7)8/h10-13,16H,14-15H2,1-9H3,(H,28,34). The molecule has 8 nitrogen and oxygen atoms in total. The van der Waals surface area contributed by atoms with Crippen LogP contribution in [0.4, 0.5) is 5.82 Å². The van der Waals surface area contributed by atoms with Gasteiger partial charge in [0, 0.05) is 29.2 Å². The first kappa shape index (κ1) is 26.2. The molecule has 0 bridgehead atoms. The van der Waals surface area contributed by atoms with E-state index < -0.39 is 0 Å². The molecule has 0 spiro atoms. The molecule has 3 aromatic rings. The number of nitrogens with one attached hydrogen (secondary N) is 1. The summed E-state index contributed by atoms with van der Waals surface area (Å²) in [6.07, 6.45) is 0.883. The monoisotopic (exact) mass is 479 g/mol. The fourth-order valence-corrected chi connectivity index (χ4v) is 3.91. The Morgan fingerprint density at radius 3 is 2.17 bits per heavy atom. The maximum Gasteiger partial charge on any atom is 0.305 e. The Bertz CT molecular complexity index is 1220. The second kappa shape index (κ2) is 9.68. The Hall–Kier alpha value is -3.42. The molecule has 8 heteroatoms. The predicted octanol–water partition coefficient (Wildman–Crippen LogP) is 5.10. The lowest BCUT2D eigenvalue weighted by molar-refractivity contribution is -0.140. The van der Waals surface area contributed by atoms with Crippen LogP contribution in [0.25, 0.3) is 5.69 Å². The molecular weight excluding hydrogens is 442 g/mol. The fraction of sp³-hybridized carbons (Fsp3) is 0.481. The van der Waals surface area contributed by atoms with E-state index in [1.54, 1.807) is 12.1 Å². The van der Waals surface area contributed by atoms with Crippen molar-refractivity contribution in [1.82, 2.24) is 19.6 Å². The predicted molar refractivity (Wildman–Crippen MR) is 137 cm³/mol. The Labute approximate surface area is 207 Å². The lowest BCUT2D eigenvalue weighted by Crippen LogP contribution is -2.27. The number of hydrogen-bond acceptors (Lipinski definition) is 5. The molecule has 35 heavy (non-hydrogen) atoms. The Kier molecular flexibility index (Phi) is 7.24. The van der Waals surface area contributed by atoms with E-state index in [0.717, 1.165) is 28.3 Å². The molecule has 188 valence electrons. The summed E-state index contributed by atoms with van der Waals surface area (Å²) >= 11 is 0. The highest BCUT2D eigenvalue weighted by molar-refractivity contribution is 6.04. The minimum Gasteiger partial charge on any atom is -0.469 e. The molecule has 3 rings (SSSR count). The van der Waals surface area contributed by atoms with Crippen LogP contribution < -0.4 is 5.32 Å². The number of amides is 1. The molecule has 0 aliphatic rings. The maximum atomic E-state index is 13.1. The van der Waals surface area contributed by atoms with Crippen LogP contribution in [0.5, 0.6) is 0 Å². The molecule has 1 aromatic carbocycles. The molecule has 0 saturated carbocycles. The molecule has 0 radical (unpaired) electrons. The van der Waals surface area contributed by atoms with Gasteiger partial charge in [0.05, 0.1) is 29.7 Å². The third-order valence-corrected chi connectivity index (χ3v) is 5.98. The lowest BCUT2D eigenvalue weighted by atomic mass is 9.92. The molecular formula is C27H37N5O3. The van der Waals surface area contributed by atoms with Crippen LogP contribution in [0, 0.1) is 13.8 Å². The summed E-state index contributed by atoms with van der Waals surface area (Å²) in [5.74, 6) is 0.231. The van der Waals surface area contributed by atoms with Gasteiger partial charge in [0.15, 0.2) is 0 Å². The molecule has 0 saturated heterocycles. The molecule has 0 unspecified atom stereocenters. The first-order valence-corrected chi connectivity index (χ1v) is 11.9. The van der Waals surface area contributed by atoms with Gasteiger partial charge < -0.3 is 10.1 Å². The maximum absolute atomic E-state index is 13.1. The van der Waals surface area contributed by atoms with Crippen molar-refractivity contribution in [2.45, 2.75) is 79.2 Å². The number of aryl methyl sites for hydroxylation is 1. The van der Waals surface area contributed by atoms with Crippen molar-refractivity contribution in [3.63, 3.8) is 0 Å². The molecule has 1 N–H and O–H groups in total. The summed E-state index contributed by atoms with van der Waals surface area (Å²) in [5.41, 5.74) is 4.77. The fourth-order valence-electron chi connectivity index (χ4n) is 3.91. The van der Waals surface area contributed by atoms with Crippen molar-refractivity contribution >= 4 is 17.7 Å². The van der Waals surface area contributed by atoms with Crippen LogP contribution in [0.3, 0.4) is 0 Å². The quantitative estimate of drug-likeness (QED) is 0.497. The third kappa shape index (κ3) is 5.81. The van der Waals surface area contributed by atoms with Crippen molar-refractivity contribution in [3.8, 4) is 5.69 Å². The van der Waals surface area contributed by atoms with Gasteiger partial charge in [-0.25, -0.2) is 9.36 Å². The van der Waals surface area contributed by atoms with E-state index in [4.69, 9.17) is 9.84 Å². The number of rotatable bonds is 6. The second-order valence-corrected chi connectivity index (χ2v) is 10.9. The molecule has 0 atom stereocenters. The van der Waals surface area contributed by atoms with Gasteiger partial charge in [-0.1, -0.05) is 20.8 Å². The van der Waals surface area contributed by atoms with Gasteiger partial charge >= 0.3 is 5.97 Å². The van der Waals surface area contributed by atoms with Gasteiger partial charge in [0.1, 0.15) is 5.82 Å². The largest absolute Gasteiger partial charge is 0.469 e. The number of hydrogen-bond donors (Lipinski definition) is 1. The summed E-state index contributed by atoms with van der Waals surface area (Å²) < 4.78 is 8.46. The van der Waals surface area contributed by atoms with Crippen LogP contribution in [0.1, 0.15) is 81.0 Å². The minimum absolute atomic E-state index is 0.132. The number of nitrogens with zero attached hydrogens (tertiary/aromatic N) is 4. The van der Waals surface area contributed by atoms with E-state index in [9.17, 15) is 9.59 Å². The number of carbonyl (C=O) groups is 2. The Morgan fingerprint density at radius 1 is 1.00 bits per heavy atom. The van der Waals surface area contributed by atoms with E-state index in [1.165, 1.54) is 7.11 Å². The van der Waals surface area contributed by atoms with Crippen LogP contribution >= 0.6 is 0 Å². The minimum atomic E-state index is -0.281. The summed E-state index contributed by atoms with van der Waals surface area (Å²) in [6.45, 7) is 16.4. The zero-order valence-corrected chi connectivity index (χ0v) is 22.3. The average Bonchev–Trinajstić information content (AvgIpc) is 3.33. The zero-order valence-electron chi connectivity index (χ0n) is 22.3. The summed E-state index contributed by atoms with van der Waals surface area (Å²) in [5, 5.41) is 12.4. The number of methoxy groups -OCH3 is 1. The molecule has 0 aliphatic heterocycles. The van der Waals surface area contributed by atoms with Crippen molar-refractivity contribution in [3.05, 3.63) is 58.5 Å². The summed E-state index contributed by atoms with van der Waals surface area (Å²) in [7, 11) is 1.39.